The van der Waals surface area contributed by atoms with E-state index in [9.17, 15) is 0 Å². The number of likely N-dealkylation sites (tertiary alicyclic amines) is 1. The predicted octanol–water partition coefficient (Wildman–Crippen LogP) is 1.43. The monoisotopic (exact) mass is 207 g/mol. The van der Waals surface area contributed by atoms with Gasteiger partial charge in [-0.2, -0.15) is 4.98 Å². The molecule has 2 fully saturated rings. The van der Waals surface area contributed by atoms with Crippen molar-refractivity contribution in [2.75, 3.05) is 13.1 Å². The molecule has 82 valence electrons. The van der Waals surface area contributed by atoms with Crippen molar-refractivity contribution in [3.8, 4) is 0 Å². The van der Waals surface area contributed by atoms with Gasteiger partial charge in [-0.3, -0.25) is 0 Å². The van der Waals surface area contributed by atoms with Crippen molar-refractivity contribution in [2.24, 2.45) is 11.8 Å². The Morgan fingerprint density at radius 1 is 1.33 bits per heavy atom. The highest BCUT2D eigenvalue weighted by Crippen LogP contribution is 2.57. The van der Waals surface area contributed by atoms with Crippen molar-refractivity contribution >= 4 is 0 Å². The van der Waals surface area contributed by atoms with Crippen LogP contribution in [-0.2, 0) is 0 Å². The molecule has 1 aliphatic carbocycles. The highest BCUT2D eigenvalue weighted by Gasteiger charge is 2.58. The third-order valence-corrected chi connectivity index (χ3v) is 3.79. The normalized spacial score (nSPS) is 34.8. The molecule has 2 heterocycles. The standard InChI is InChI=1S/C11H17N3O/c1-6(2)14-4-8-9(5-14)10(8)11-12-7(3)15-13-11/h6,8-10H,4-5H2,1-3H3. The maximum Gasteiger partial charge on any atom is 0.223 e. The first kappa shape index (κ1) is 9.33. The molecule has 0 spiro atoms. The molecule has 4 nitrogen and oxygen atoms in total. The van der Waals surface area contributed by atoms with E-state index >= 15 is 0 Å². The van der Waals surface area contributed by atoms with Gasteiger partial charge in [0.15, 0.2) is 5.82 Å². The summed E-state index contributed by atoms with van der Waals surface area (Å²) in [5.74, 6) is 3.77. The Morgan fingerprint density at radius 3 is 2.47 bits per heavy atom. The lowest BCUT2D eigenvalue weighted by Crippen LogP contribution is -2.31. The number of fused-ring (bicyclic) bond motifs is 1. The minimum atomic E-state index is 0.581. The lowest BCUT2D eigenvalue weighted by Gasteiger charge is -2.22. The van der Waals surface area contributed by atoms with Gasteiger partial charge in [-0.15, -0.1) is 0 Å². The first-order valence-corrected chi connectivity index (χ1v) is 5.71. The van der Waals surface area contributed by atoms with Crippen LogP contribution in [0.5, 0.6) is 0 Å². The quantitative estimate of drug-likeness (QED) is 0.735. The Bertz CT molecular complexity index is 362. The Kier molecular flexibility index (Phi) is 1.89. The molecule has 3 rings (SSSR count). The summed E-state index contributed by atoms with van der Waals surface area (Å²) in [6.07, 6.45) is 0. The van der Waals surface area contributed by atoms with Gasteiger partial charge in [-0.05, 0) is 25.7 Å². The summed E-state index contributed by atoms with van der Waals surface area (Å²) in [6, 6.07) is 0.672. The van der Waals surface area contributed by atoms with Gasteiger partial charge in [-0.1, -0.05) is 5.16 Å². The Balaban J connectivity index is 1.68. The first-order chi connectivity index (χ1) is 7.16. The highest BCUT2D eigenvalue weighted by molar-refractivity contribution is 5.19. The number of aromatic nitrogens is 2. The van der Waals surface area contributed by atoms with Crippen LogP contribution < -0.4 is 0 Å². The molecule has 0 bridgehead atoms. The average Bonchev–Trinajstić information content (AvgIpc) is 2.62. The van der Waals surface area contributed by atoms with Gasteiger partial charge in [0.1, 0.15) is 0 Å². The molecule has 2 atom stereocenters. The van der Waals surface area contributed by atoms with E-state index in [0.29, 0.717) is 17.9 Å². The van der Waals surface area contributed by atoms with Gasteiger partial charge in [0.2, 0.25) is 5.89 Å². The second kappa shape index (κ2) is 3.04. The molecule has 0 N–H and O–H groups in total. The molecule has 0 amide bonds. The topological polar surface area (TPSA) is 42.2 Å². The van der Waals surface area contributed by atoms with Crippen LogP contribution in [0.4, 0.5) is 0 Å². The molecular weight excluding hydrogens is 190 g/mol. The van der Waals surface area contributed by atoms with Crippen LogP contribution in [0.2, 0.25) is 0 Å². The van der Waals surface area contributed by atoms with E-state index in [4.69, 9.17) is 4.52 Å². The minimum absolute atomic E-state index is 0.581. The predicted molar refractivity (Wildman–Crippen MR) is 55.5 cm³/mol. The van der Waals surface area contributed by atoms with Crippen LogP contribution in [0.1, 0.15) is 31.5 Å². The molecule has 1 saturated heterocycles. The zero-order valence-electron chi connectivity index (χ0n) is 9.47. The number of aryl methyl sites for hydroxylation is 1. The number of hydrogen-bond donors (Lipinski definition) is 0. The SMILES string of the molecule is Cc1nc(C2C3CN(C(C)C)CC32)no1. The molecule has 2 unspecified atom stereocenters. The summed E-state index contributed by atoms with van der Waals surface area (Å²) < 4.78 is 5.03. The van der Waals surface area contributed by atoms with Crippen LogP contribution in [0.15, 0.2) is 4.52 Å². The van der Waals surface area contributed by atoms with E-state index in [1.165, 1.54) is 13.1 Å². The van der Waals surface area contributed by atoms with Crippen molar-refractivity contribution in [3.05, 3.63) is 11.7 Å². The molecule has 2 aliphatic rings. The largest absolute Gasteiger partial charge is 0.340 e. The Morgan fingerprint density at radius 2 is 2.00 bits per heavy atom. The molecule has 0 aromatic carbocycles. The van der Waals surface area contributed by atoms with Gasteiger partial charge >= 0.3 is 0 Å². The summed E-state index contributed by atoms with van der Waals surface area (Å²) >= 11 is 0. The molecule has 1 aliphatic heterocycles. The number of hydrogen-bond acceptors (Lipinski definition) is 4. The van der Waals surface area contributed by atoms with Crippen molar-refractivity contribution in [1.29, 1.82) is 0 Å². The second-order valence-corrected chi connectivity index (χ2v) is 5.07. The van der Waals surface area contributed by atoms with Crippen molar-refractivity contribution < 1.29 is 4.52 Å². The zero-order valence-corrected chi connectivity index (χ0v) is 9.47. The van der Waals surface area contributed by atoms with E-state index in [2.05, 4.69) is 28.9 Å². The Hall–Kier alpha value is -0.900. The smallest absolute Gasteiger partial charge is 0.223 e. The fraction of sp³-hybridized carbons (Fsp3) is 0.818. The molecule has 1 aromatic rings. The molecular formula is C11H17N3O. The average molecular weight is 207 g/mol. The molecule has 15 heavy (non-hydrogen) atoms. The van der Waals surface area contributed by atoms with Gasteiger partial charge in [0, 0.05) is 32.0 Å². The number of piperidine rings is 1. The summed E-state index contributed by atoms with van der Waals surface area (Å²) in [4.78, 5) is 6.87. The molecule has 1 saturated carbocycles. The van der Waals surface area contributed by atoms with Crippen LogP contribution >= 0.6 is 0 Å². The highest BCUT2D eigenvalue weighted by atomic mass is 16.5. The lowest BCUT2D eigenvalue weighted by atomic mass is 10.2. The maximum atomic E-state index is 5.03. The summed E-state index contributed by atoms with van der Waals surface area (Å²) in [5, 5.41) is 4.03. The second-order valence-electron chi connectivity index (χ2n) is 5.07. The minimum Gasteiger partial charge on any atom is -0.340 e. The van der Waals surface area contributed by atoms with E-state index in [1.807, 2.05) is 6.92 Å². The zero-order chi connectivity index (χ0) is 10.6. The van der Waals surface area contributed by atoms with E-state index < -0.39 is 0 Å². The van der Waals surface area contributed by atoms with Crippen LogP contribution in [0.25, 0.3) is 0 Å². The summed E-state index contributed by atoms with van der Waals surface area (Å²) in [7, 11) is 0. The summed E-state index contributed by atoms with van der Waals surface area (Å²) in [6.45, 7) is 8.80. The van der Waals surface area contributed by atoms with Gasteiger partial charge in [-0.25, -0.2) is 0 Å². The van der Waals surface area contributed by atoms with Gasteiger partial charge < -0.3 is 9.42 Å². The van der Waals surface area contributed by atoms with Crippen LogP contribution in [0, 0.1) is 18.8 Å². The Labute approximate surface area is 89.6 Å². The van der Waals surface area contributed by atoms with Crippen LogP contribution in [-0.4, -0.2) is 34.2 Å². The number of nitrogens with zero attached hydrogens (tertiary/aromatic N) is 3. The fourth-order valence-electron chi connectivity index (χ4n) is 2.81. The van der Waals surface area contributed by atoms with Gasteiger partial charge in [0.25, 0.3) is 0 Å². The van der Waals surface area contributed by atoms with Crippen LogP contribution in [0.3, 0.4) is 0 Å². The van der Waals surface area contributed by atoms with Crippen molar-refractivity contribution in [2.45, 2.75) is 32.7 Å². The molecule has 4 heteroatoms. The molecule has 0 radical (unpaired) electrons. The third kappa shape index (κ3) is 1.39. The first-order valence-electron chi connectivity index (χ1n) is 5.71. The van der Waals surface area contributed by atoms with E-state index in [0.717, 1.165) is 17.7 Å². The fourth-order valence-corrected chi connectivity index (χ4v) is 2.81. The number of rotatable bonds is 2. The maximum absolute atomic E-state index is 5.03. The third-order valence-electron chi connectivity index (χ3n) is 3.79. The summed E-state index contributed by atoms with van der Waals surface area (Å²) in [5.41, 5.74) is 0. The van der Waals surface area contributed by atoms with Crippen molar-refractivity contribution in [3.63, 3.8) is 0 Å². The van der Waals surface area contributed by atoms with E-state index in [1.54, 1.807) is 0 Å². The molecule has 1 aromatic heterocycles. The van der Waals surface area contributed by atoms with Crippen molar-refractivity contribution in [1.82, 2.24) is 15.0 Å². The lowest BCUT2D eigenvalue weighted by molar-refractivity contribution is 0.241. The van der Waals surface area contributed by atoms with E-state index in [-0.39, 0.29) is 0 Å². The van der Waals surface area contributed by atoms with Gasteiger partial charge in [0.05, 0.1) is 0 Å².